The van der Waals surface area contributed by atoms with Crippen LogP contribution in [-0.2, 0) is 14.8 Å². The average molecular weight is 431 g/mol. The van der Waals surface area contributed by atoms with Gasteiger partial charge in [0.2, 0.25) is 5.91 Å². The number of halogens is 1. The monoisotopic (exact) mass is 430 g/mol. The third-order valence-corrected chi connectivity index (χ3v) is 5.54. The van der Waals surface area contributed by atoms with E-state index in [4.69, 9.17) is 16.3 Å². The van der Waals surface area contributed by atoms with Crippen LogP contribution in [0.4, 0.5) is 11.4 Å². The van der Waals surface area contributed by atoms with E-state index in [0.29, 0.717) is 16.5 Å². The Morgan fingerprint density at radius 2 is 1.48 bits per heavy atom. The minimum atomic E-state index is -3.76. The van der Waals surface area contributed by atoms with Gasteiger partial charge < -0.3 is 10.1 Å². The first-order chi connectivity index (χ1) is 13.9. The molecule has 8 heteroatoms. The van der Waals surface area contributed by atoms with Crippen molar-refractivity contribution in [3.63, 3.8) is 0 Å². The van der Waals surface area contributed by atoms with Crippen molar-refractivity contribution in [3.8, 4) is 5.75 Å². The Labute approximate surface area is 174 Å². The lowest BCUT2D eigenvalue weighted by molar-refractivity contribution is -0.116. The third kappa shape index (κ3) is 5.97. The largest absolute Gasteiger partial charge is 0.493 e. The number of para-hydroxylation sites is 2. The average Bonchev–Trinajstić information content (AvgIpc) is 2.71. The van der Waals surface area contributed by atoms with Crippen molar-refractivity contribution in [2.45, 2.75) is 11.3 Å². The molecule has 0 radical (unpaired) electrons. The summed E-state index contributed by atoms with van der Waals surface area (Å²) in [6.45, 7) is 0.172. The second-order valence-electron chi connectivity index (χ2n) is 6.06. The van der Waals surface area contributed by atoms with Crippen molar-refractivity contribution in [1.29, 1.82) is 0 Å². The number of hydrogen-bond donors (Lipinski definition) is 2. The van der Waals surface area contributed by atoms with Gasteiger partial charge >= 0.3 is 0 Å². The second kappa shape index (κ2) is 9.45. The van der Waals surface area contributed by atoms with Crippen LogP contribution in [0.25, 0.3) is 0 Å². The van der Waals surface area contributed by atoms with Crippen LogP contribution in [0.2, 0.25) is 5.02 Å². The molecule has 6 nitrogen and oxygen atoms in total. The molecule has 0 aliphatic rings. The van der Waals surface area contributed by atoms with E-state index in [2.05, 4.69) is 10.0 Å². The first-order valence-electron chi connectivity index (χ1n) is 8.79. The van der Waals surface area contributed by atoms with Gasteiger partial charge in [0.1, 0.15) is 5.75 Å². The number of hydrogen-bond acceptors (Lipinski definition) is 4. The third-order valence-electron chi connectivity index (χ3n) is 3.91. The predicted molar refractivity (Wildman–Crippen MR) is 114 cm³/mol. The molecule has 3 rings (SSSR count). The fourth-order valence-electron chi connectivity index (χ4n) is 2.49. The highest BCUT2D eigenvalue weighted by atomic mass is 35.5. The zero-order valence-electron chi connectivity index (χ0n) is 15.3. The number of carbonyl (C=O) groups is 1. The van der Waals surface area contributed by atoms with Gasteiger partial charge in [-0.25, -0.2) is 8.42 Å². The number of ether oxygens (including phenoxy) is 1. The molecular weight excluding hydrogens is 412 g/mol. The molecule has 0 saturated heterocycles. The van der Waals surface area contributed by atoms with Crippen molar-refractivity contribution in [1.82, 2.24) is 0 Å². The summed E-state index contributed by atoms with van der Waals surface area (Å²) in [5.41, 5.74) is 0.645. The molecule has 2 N–H and O–H groups in total. The molecule has 0 atom stereocenters. The molecule has 1 amide bonds. The molecule has 0 bridgehead atoms. The number of rotatable bonds is 8. The van der Waals surface area contributed by atoms with Gasteiger partial charge in [-0.05, 0) is 48.5 Å². The molecular formula is C21H19ClN2O4S. The molecule has 150 valence electrons. The summed E-state index contributed by atoms with van der Waals surface area (Å²) < 4.78 is 33.1. The zero-order valence-corrected chi connectivity index (χ0v) is 16.9. The topological polar surface area (TPSA) is 84.5 Å². The van der Waals surface area contributed by atoms with Gasteiger partial charge in [0.25, 0.3) is 10.0 Å². The van der Waals surface area contributed by atoms with Crippen LogP contribution in [0, 0.1) is 0 Å². The van der Waals surface area contributed by atoms with E-state index < -0.39 is 10.0 Å². The SMILES string of the molecule is O=C(CCOc1ccc(Cl)cc1)Nc1ccccc1NS(=O)(=O)c1ccccc1. The second-order valence-corrected chi connectivity index (χ2v) is 8.18. The van der Waals surface area contributed by atoms with Crippen molar-refractivity contribution in [2.75, 3.05) is 16.6 Å². The molecule has 0 unspecified atom stereocenters. The normalized spacial score (nSPS) is 10.9. The van der Waals surface area contributed by atoms with Gasteiger partial charge in [-0.1, -0.05) is 41.9 Å². The molecule has 29 heavy (non-hydrogen) atoms. The lowest BCUT2D eigenvalue weighted by atomic mass is 10.2. The van der Waals surface area contributed by atoms with Crippen LogP contribution in [-0.4, -0.2) is 20.9 Å². The summed E-state index contributed by atoms with van der Waals surface area (Å²) in [5.74, 6) is 0.309. The highest BCUT2D eigenvalue weighted by Gasteiger charge is 2.16. The minimum Gasteiger partial charge on any atom is -0.493 e. The number of anilines is 2. The van der Waals surface area contributed by atoms with Gasteiger partial charge in [0, 0.05) is 5.02 Å². The van der Waals surface area contributed by atoms with E-state index >= 15 is 0 Å². The van der Waals surface area contributed by atoms with Crippen LogP contribution < -0.4 is 14.8 Å². The molecule has 0 saturated carbocycles. The Hall–Kier alpha value is -3.03. The Morgan fingerprint density at radius 1 is 0.862 bits per heavy atom. The molecule has 0 heterocycles. The standard InChI is InChI=1S/C21H19ClN2O4S/c22-16-10-12-17(13-11-16)28-15-14-21(25)23-19-8-4-5-9-20(19)24-29(26,27)18-6-2-1-3-7-18/h1-13,24H,14-15H2,(H,23,25). The Balaban J connectivity index is 1.61. The highest BCUT2D eigenvalue weighted by molar-refractivity contribution is 7.92. The molecule has 3 aromatic carbocycles. The molecule has 3 aromatic rings. The van der Waals surface area contributed by atoms with Crippen molar-refractivity contribution >= 4 is 38.9 Å². The fraction of sp³-hybridized carbons (Fsp3) is 0.0952. The summed E-state index contributed by atoms with van der Waals surface area (Å²) in [7, 11) is -3.76. The maximum atomic E-state index is 12.5. The maximum absolute atomic E-state index is 12.5. The van der Waals surface area contributed by atoms with Gasteiger partial charge in [-0.2, -0.15) is 0 Å². The summed E-state index contributed by atoms with van der Waals surface area (Å²) in [6.07, 6.45) is 0.0996. The molecule has 0 fully saturated rings. The van der Waals surface area contributed by atoms with Crippen molar-refractivity contribution in [3.05, 3.63) is 83.9 Å². The van der Waals surface area contributed by atoms with Crippen LogP contribution in [0.15, 0.2) is 83.8 Å². The number of sulfonamides is 1. The van der Waals surface area contributed by atoms with Gasteiger partial charge in [0.15, 0.2) is 0 Å². The van der Waals surface area contributed by atoms with Crippen LogP contribution >= 0.6 is 11.6 Å². The van der Waals surface area contributed by atoms with Crippen molar-refractivity contribution in [2.24, 2.45) is 0 Å². The first-order valence-corrected chi connectivity index (χ1v) is 10.7. The van der Waals surface area contributed by atoms with Crippen LogP contribution in [0.1, 0.15) is 6.42 Å². The summed E-state index contributed by atoms with van der Waals surface area (Å²) in [4.78, 5) is 12.4. The van der Waals surface area contributed by atoms with E-state index in [-0.39, 0.29) is 29.5 Å². The Kier molecular flexibility index (Phi) is 6.74. The van der Waals surface area contributed by atoms with Crippen molar-refractivity contribution < 1.29 is 17.9 Å². The van der Waals surface area contributed by atoms with E-state index in [1.54, 1.807) is 66.7 Å². The van der Waals surface area contributed by atoms with Gasteiger partial charge in [-0.3, -0.25) is 9.52 Å². The van der Waals surface area contributed by atoms with E-state index in [9.17, 15) is 13.2 Å². The first kappa shape index (κ1) is 20.7. The predicted octanol–water partition coefficient (Wildman–Crippen LogP) is 4.55. The number of nitrogens with one attached hydrogen (secondary N) is 2. The summed E-state index contributed by atoms with van der Waals surface area (Å²) in [6, 6.07) is 21.4. The van der Waals surface area contributed by atoms with Gasteiger partial charge in [-0.15, -0.1) is 0 Å². The number of amides is 1. The highest BCUT2D eigenvalue weighted by Crippen LogP contribution is 2.24. The molecule has 0 spiro atoms. The fourth-order valence-corrected chi connectivity index (χ4v) is 3.72. The summed E-state index contributed by atoms with van der Waals surface area (Å²) in [5, 5.41) is 3.31. The quantitative estimate of drug-likeness (QED) is 0.549. The van der Waals surface area contributed by atoms with Crippen LogP contribution in [0.5, 0.6) is 5.75 Å². The number of carbonyl (C=O) groups excluding carboxylic acids is 1. The minimum absolute atomic E-state index is 0.0996. The Morgan fingerprint density at radius 3 is 2.17 bits per heavy atom. The number of benzene rings is 3. The van der Waals surface area contributed by atoms with Gasteiger partial charge in [0.05, 0.1) is 29.3 Å². The van der Waals surface area contributed by atoms with E-state index in [1.165, 1.54) is 12.1 Å². The Bertz CT molecular complexity index is 1070. The van der Waals surface area contributed by atoms with Crippen LogP contribution in [0.3, 0.4) is 0 Å². The van der Waals surface area contributed by atoms with E-state index in [1.807, 2.05) is 0 Å². The lowest BCUT2D eigenvalue weighted by Gasteiger charge is -2.14. The maximum Gasteiger partial charge on any atom is 0.261 e. The van der Waals surface area contributed by atoms with E-state index in [0.717, 1.165) is 0 Å². The molecule has 0 aliphatic carbocycles. The lowest BCUT2D eigenvalue weighted by Crippen LogP contribution is -2.18. The molecule has 0 aliphatic heterocycles. The smallest absolute Gasteiger partial charge is 0.261 e. The molecule has 0 aromatic heterocycles. The summed E-state index contributed by atoms with van der Waals surface area (Å²) >= 11 is 5.82. The zero-order chi connectivity index (χ0) is 20.7.